The highest BCUT2D eigenvalue weighted by Crippen LogP contribution is 2.45. The standard InChI is InChI=1S/C26H24ClN2S/c27-17-18-5-1-2-6-21(18)26-22-9-7-19(28-11-3-12-28)15-24(22)30-25-16-20(8-10-23(25)26)29-13-4-14-29/h1-2,5-10,15-16H,3-4,11-14,17H2/q+1. The van der Waals surface area contributed by atoms with Gasteiger partial charge in [-0.2, -0.15) is 0 Å². The van der Waals surface area contributed by atoms with Crippen molar-refractivity contribution in [2.75, 3.05) is 31.1 Å². The molecule has 2 saturated heterocycles. The van der Waals surface area contributed by atoms with Gasteiger partial charge in [-0.05, 0) is 41.3 Å². The highest BCUT2D eigenvalue weighted by molar-refractivity contribution is 7.21. The second kappa shape index (κ2) is 7.40. The van der Waals surface area contributed by atoms with Gasteiger partial charge in [0.2, 0.25) is 5.36 Å². The summed E-state index contributed by atoms with van der Waals surface area (Å²) in [5.41, 5.74) is 6.44. The van der Waals surface area contributed by atoms with E-state index in [1.807, 2.05) is 11.3 Å². The van der Waals surface area contributed by atoms with E-state index in [9.17, 15) is 0 Å². The van der Waals surface area contributed by atoms with Crippen LogP contribution in [0, 0.1) is 0 Å². The maximum Gasteiger partial charge on any atom is 0.201 e. The lowest BCUT2D eigenvalue weighted by Crippen LogP contribution is -2.40. The van der Waals surface area contributed by atoms with E-state index in [1.165, 1.54) is 87.3 Å². The molecule has 150 valence electrons. The van der Waals surface area contributed by atoms with Gasteiger partial charge in [0.05, 0.1) is 6.42 Å². The molecule has 0 unspecified atom stereocenters. The Morgan fingerprint density at radius 1 is 0.900 bits per heavy atom. The summed E-state index contributed by atoms with van der Waals surface area (Å²) in [6.07, 6.45) is 2.60. The van der Waals surface area contributed by atoms with E-state index in [0.717, 1.165) is 0 Å². The molecule has 0 saturated carbocycles. The maximum atomic E-state index is 6.36. The Balaban J connectivity index is 1.68. The number of alkyl halides is 1. The van der Waals surface area contributed by atoms with Gasteiger partial charge in [0.15, 0.2) is 0 Å². The maximum absolute atomic E-state index is 6.36. The molecule has 1 aliphatic carbocycles. The number of anilines is 1. The van der Waals surface area contributed by atoms with E-state index in [0.29, 0.717) is 5.88 Å². The summed E-state index contributed by atoms with van der Waals surface area (Å²) >= 11 is 8.28. The first-order valence-electron chi connectivity index (χ1n) is 10.8. The highest BCUT2D eigenvalue weighted by Gasteiger charge is 2.22. The number of rotatable bonds is 3. The van der Waals surface area contributed by atoms with Gasteiger partial charge >= 0.3 is 0 Å². The van der Waals surface area contributed by atoms with Crippen molar-refractivity contribution in [3.63, 3.8) is 0 Å². The van der Waals surface area contributed by atoms with E-state index in [4.69, 9.17) is 11.6 Å². The first-order valence-corrected chi connectivity index (χ1v) is 12.1. The SMILES string of the molecule is ClCc1ccccc1-c1c2ccc(=[N+]3CCC3)cc-2sc2cc(N3CCC3)ccc12. The van der Waals surface area contributed by atoms with Crippen molar-refractivity contribution in [3.8, 4) is 21.6 Å². The molecule has 0 bridgehead atoms. The zero-order chi connectivity index (χ0) is 20.1. The van der Waals surface area contributed by atoms with Gasteiger partial charge in [-0.3, -0.25) is 0 Å². The van der Waals surface area contributed by atoms with Crippen LogP contribution >= 0.6 is 22.9 Å². The third-order valence-electron chi connectivity index (χ3n) is 6.56. The Bertz CT molecular complexity index is 1300. The van der Waals surface area contributed by atoms with Crippen LogP contribution in [-0.2, 0) is 5.88 Å². The zero-order valence-corrected chi connectivity index (χ0v) is 18.5. The number of hydrogen-bond acceptors (Lipinski definition) is 2. The van der Waals surface area contributed by atoms with Gasteiger partial charge in [0.25, 0.3) is 0 Å². The summed E-state index contributed by atoms with van der Waals surface area (Å²) in [6, 6.07) is 22.6. The number of nitrogens with zero attached hydrogens (tertiary/aromatic N) is 2. The summed E-state index contributed by atoms with van der Waals surface area (Å²) in [7, 11) is 0. The minimum absolute atomic E-state index is 0.523. The van der Waals surface area contributed by atoms with Crippen LogP contribution in [0.4, 0.5) is 5.69 Å². The van der Waals surface area contributed by atoms with Crippen LogP contribution in [0.3, 0.4) is 0 Å². The van der Waals surface area contributed by atoms with Crippen LogP contribution < -0.4 is 14.8 Å². The predicted octanol–water partition coefficient (Wildman–Crippen LogP) is 5.80. The summed E-state index contributed by atoms with van der Waals surface area (Å²) in [5.74, 6) is 0.523. The Morgan fingerprint density at radius 2 is 1.77 bits per heavy atom. The minimum atomic E-state index is 0.523. The molecule has 30 heavy (non-hydrogen) atoms. The lowest BCUT2D eigenvalue weighted by atomic mass is 9.92. The molecule has 2 aromatic carbocycles. The van der Waals surface area contributed by atoms with Gasteiger partial charge in [0, 0.05) is 57.3 Å². The van der Waals surface area contributed by atoms with Crippen molar-refractivity contribution in [2.24, 2.45) is 0 Å². The normalized spacial score (nSPS) is 16.0. The van der Waals surface area contributed by atoms with Crippen LogP contribution in [0.15, 0.2) is 60.7 Å². The molecule has 0 aromatic heterocycles. The van der Waals surface area contributed by atoms with Crippen molar-refractivity contribution in [2.45, 2.75) is 18.7 Å². The Morgan fingerprint density at radius 3 is 2.50 bits per heavy atom. The fraction of sp³-hybridized carbons (Fsp3) is 0.269. The highest BCUT2D eigenvalue weighted by atomic mass is 35.5. The molecule has 0 amide bonds. The first-order chi connectivity index (χ1) is 14.8. The van der Waals surface area contributed by atoms with Gasteiger partial charge in [-0.25, -0.2) is 4.58 Å². The third kappa shape index (κ3) is 2.95. The molecule has 6 rings (SSSR count). The predicted molar refractivity (Wildman–Crippen MR) is 130 cm³/mol. The van der Waals surface area contributed by atoms with Crippen LogP contribution in [0.5, 0.6) is 0 Å². The molecular weight excluding hydrogens is 408 g/mol. The third-order valence-corrected chi connectivity index (χ3v) is 7.97. The summed E-state index contributed by atoms with van der Waals surface area (Å²) in [6.45, 7) is 4.69. The number of benzene rings is 3. The zero-order valence-electron chi connectivity index (χ0n) is 16.9. The average molecular weight is 432 g/mol. The number of halogens is 1. The molecule has 0 radical (unpaired) electrons. The molecule has 0 N–H and O–H groups in total. The lowest BCUT2D eigenvalue weighted by molar-refractivity contribution is 0.433. The van der Waals surface area contributed by atoms with Gasteiger partial charge in [-0.15, -0.1) is 22.9 Å². The quantitative estimate of drug-likeness (QED) is 0.226. The van der Waals surface area contributed by atoms with E-state index < -0.39 is 0 Å². The van der Waals surface area contributed by atoms with Crippen LogP contribution in [0.25, 0.3) is 31.7 Å². The van der Waals surface area contributed by atoms with Gasteiger partial charge in [-0.1, -0.05) is 30.3 Å². The summed E-state index contributed by atoms with van der Waals surface area (Å²) < 4.78 is 3.83. The van der Waals surface area contributed by atoms with Crippen LogP contribution in [0.2, 0.25) is 0 Å². The smallest absolute Gasteiger partial charge is 0.201 e. The molecule has 4 heteroatoms. The molecule has 2 aromatic rings. The van der Waals surface area contributed by atoms with Gasteiger partial charge in [0.1, 0.15) is 13.1 Å². The fourth-order valence-corrected chi connectivity index (χ4v) is 5.97. The molecule has 0 spiro atoms. The van der Waals surface area contributed by atoms with Gasteiger partial charge < -0.3 is 4.90 Å². The molecule has 3 heterocycles. The van der Waals surface area contributed by atoms with E-state index >= 15 is 0 Å². The monoisotopic (exact) mass is 431 g/mol. The Hall–Kier alpha value is -2.36. The topological polar surface area (TPSA) is 6.25 Å². The molecule has 4 aliphatic rings. The van der Waals surface area contributed by atoms with Crippen molar-refractivity contribution < 1.29 is 0 Å². The second-order valence-corrected chi connectivity index (χ2v) is 9.66. The van der Waals surface area contributed by atoms with Crippen LogP contribution in [0.1, 0.15) is 18.4 Å². The fourth-order valence-electron chi connectivity index (χ4n) is 4.58. The van der Waals surface area contributed by atoms with Crippen molar-refractivity contribution >= 4 is 38.7 Å². The summed E-state index contributed by atoms with van der Waals surface area (Å²) in [4.78, 5) is 3.83. The molecule has 0 atom stereocenters. The second-order valence-electron chi connectivity index (χ2n) is 8.31. The molecule has 3 aliphatic heterocycles. The Labute approximate surface area is 186 Å². The van der Waals surface area contributed by atoms with E-state index in [2.05, 4.69) is 70.1 Å². The summed E-state index contributed by atoms with van der Waals surface area (Å²) in [5, 5.41) is 2.67. The lowest BCUT2D eigenvalue weighted by Gasteiger charge is -2.33. The number of hydrogen-bond donors (Lipinski definition) is 0. The Kier molecular flexibility index (Phi) is 4.54. The van der Waals surface area contributed by atoms with Crippen molar-refractivity contribution in [1.82, 2.24) is 4.58 Å². The molecule has 2 fully saturated rings. The largest absolute Gasteiger partial charge is 0.371 e. The average Bonchev–Trinajstić information content (AvgIpc) is 2.69. The van der Waals surface area contributed by atoms with Crippen molar-refractivity contribution in [1.29, 1.82) is 0 Å². The number of fused-ring (bicyclic) bond motifs is 2. The van der Waals surface area contributed by atoms with Crippen LogP contribution in [-0.4, -0.2) is 26.2 Å². The first kappa shape index (κ1) is 18.4. The van der Waals surface area contributed by atoms with Crippen molar-refractivity contribution in [3.05, 3.63) is 71.6 Å². The van der Waals surface area contributed by atoms with E-state index in [1.54, 1.807) is 0 Å². The minimum Gasteiger partial charge on any atom is -0.371 e. The molecular formula is C26H24ClN2S+. The van der Waals surface area contributed by atoms with E-state index in [-0.39, 0.29) is 0 Å². The molecule has 2 nitrogen and oxygen atoms in total.